The van der Waals surface area contributed by atoms with Gasteiger partial charge < -0.3 is 13.7 Å². The van der Waals surface area contributed by atoms with Crippen molar-refractivity contribution in [1.29, 1.82) is 0 Å². The van der Waals surface area contributed by atoms with Gasteiger partial charge >= 0.3 is 7.12 Å². The second kappa shape index (κ2) is 10.4. The fourth-order valence-electron chi connectivity index (χ4n) is 4.58. The first kappa shape index (κ1) is 29.1. The third-order valence-electron chi connectivity index (χ3n) is 9.11. The van der Waals surface area contributed by atoms with Gasteiger partial charge in [0.2, 0.25) is 0 Å². The first-order valence-electron chi connectivity index (χ1n) is 13.3. The van der Waals surface area contributed by atoms with Crippen LogP contribution in [0.15, 0.2) is 72.7 Å². The van der Waals surface area contributed by atoms with E-state index in [1.165, 1.54) is 10.4 Å². The summed E-state index contributed by atoms with van der Waals surface area (Å²) in [5.41, 5.74) is 0.520. The van der Waals surface area contributed by atoms with Crippen molar-refractivity contribution in [3.05, 3.63) is 72.7 Å². The average Bonchev–Trinajstić information content (AvgIpc) is 3.03. The van der Waals surface area contributed by atoms with Crippen molar-refractivity contribution in [3.8, 4) is 0 Å². The molecule has 2 aromatic rings. The number of rotatable bonds is 9. The molecule has 1 aliphatic rings. The molecular formula is C30H47BO3Si2. The van der Waals surface area contributed by atoms with Gasteiger partial charge in [0.15, 0.2) is 8.32 Å². The number of hydrogen-bond donors (Lipinski definition) is 0. The standard InChI is InChI=1S/C30H47BO3Si2/c1-24(31-33-29(5,6)30(7,8)34-31)22-27(23-32-35(9,10)28(2,3)4)36(11,25-18-14-12-15-19-25)26-20-16-13-17-21-26/h12-21,27H,1,22-23H2,2-11H3. The summed E-state index contributed by atoms with van der Waals surface area (Å²) in [6.45, 7) is 27.8. The second-order valence-corrected chi connectivity index (χ2v) is 22.3. The summed E-state index contributed by atoms with van der Waals surface area (Å²) in [6.07, 6.45) is 0.804. The van der Waals surface area contributed by atoms with Gasteiger partial charge in [0.05, 0.1) is 11.2 Å². The molecule has 1 fully saturated rings. The Morgan fingerprint density at radius 3 is 1.67 bits per heavy atom. The summed E-state index contributed by atoms with van der Waals surface area (Å²) >= 11 is 0. The molecule has 0 N–H and O–H groups in total. The summed E-state index contributed by atoms with van der Waals surface area (Å²) in [4.78, 5) is 0. The van der Waals surface area contributed by atoms with Gasteiger partial charge in [-0.2, -0.15) is 0 Å². The monoisotopic (exact) mass is 522 g/mol. The molecule has 36 heavy (non-hydrogen) atoms. The van der Waals surface area contributed by atoms with E-state index >= 15 is 0 Å². The van der Waals surface area contributed by atoms with E-state index in [9.17, 15) is 0 Å². The van der Waals surface area contributed by atoms with E-state index in [2.05, 4.69) is 135 Å². The lowest BCUT2D eigenvalue weighted by atomic mass is 9.77. The van der Waals surface area contributed by atoms with Crippen LogP contribution in [-0.4, -0.2) is 41.3 Å². The van der Waals surface area contributed by atoms with E-state index in [0.29, 0.717) is 6.61 Å². The van der Waals surface area contributed by atoms with Crippen LogP contribution in [0.4, 0.5) is 0 Å². The van der Waals surface area contributed by atoms with E-state index in [1.54, 1.807) is 0 Å². The van der Waals surface area contributed by atoms with Gasteiger partial charge in [-0.15, -0.1) is 6.58 Å². The van der Waals surface area contributed by atoms with Crippen molar-refractivity contribution in [2.75, 3.05) is 6.61 Å². The third-order valence-corrected chi connectivity index (χ3v) is 18.7. The van der Waals surface area contributed by atoms with Crippen molar-refractivity contribution in [1.82, 2.24) is 0 Å². The largest absolute Gasteiger partial charge is 0.489 e. The average molecular weight is 523 g/mol. The van der Waals surface area contributed by atoms with Crippen LogP contribution in [0, 0.1) is 0 Å². The first-order valence-corrected chi connectivity index (χ1v) is 18.8. The van der Waals surface area contributed by atoms with Crippen molar-refractivity contribution in [3.63, 3.8) is 0 Å². The van der Waals surface area contributed by atoms with E-state index < -0.39 is 23.5 Å². The van der Waals surface area contributed by atoms with Crippen molar-refractivity contribution in [2.24, 2.45) is 0 Å². The quantitative estimate of drug-likeness (QED) is 0.337. The summed E-state index contributed by atoms with van der Waals surface area (Å²) in [5.74, 6) is 0. The van der Waals surface area contributed by atoms with E-state index in [0.717, 1.165) is 11.9 Å². The lowest BCUT2D eigenvalue weighted by Gasteiger charge is -2.42. The second-order valence-electron chi connectivity index (χ2n) is 13.2. The lowest BCUT2D eigenvalue weighted by molar-refractivity contribution is 0.00578. The molecule has 0 spiro atoms. The van der Waals surface area contributed by atoms with Gasteiger partial charge in [0.25, 0.3) is 0 Å². The van der Waals surface area contributed by atoms with E-state index in [1.807, 2.05) is 0 Å². The Labute approximate surface area is 222 Å². The fraction of sp³-hybridized carbons (Fsp3) is 0.533. The zero-order valence-corrected chi connectivity index (χ0v) is 26.3. The third kappa shape index (κ3) is 5.83. The van der Waals surface area contributed by atoms with Gasteiger partial charge in [-0.25, -0.2) is 0 Å². The maximum atomic E-state index is 6.94. The molecule has 0 saturated carbocycles. The molecule has 0 aliphatic carbocycles. The Kier molecular flexibility index (Phi) is 8.39. The molecular weight excluding hydrogens is 475 g/mol. The molecule has 196 valence electrons. The Hall–Kier alpha value is -1.44. The Morgan fingerprint density at radius 1 is 0.861 bits per heavy atom. The first-order chi connectivity index (χ1) is 16.5. The molecule has 1 aliphatic heterocycles. The van der Waals surface area contributed by atoms with Crippen LogP contribution in [0.3, 0.4) is 0 Å². The maximum Gasteiger partial charge on any atom is 0.489 e. The van der Waals surface area contributed by atoms with Gasteiger partial charge in [0, 0.05) is 6.61 Å². The normalized spacial score (nSPS) is 18.8. The Balaban J connectivity index is 2.03. The van der Waals surface area contributed by atoms with Crippen LogP contribution < -0.4 is 10.4 Å². The number of benzene rings is 2. The zero-order valence-electron chi connectivity index (χ0n) is 24.3. The van der Waals surface area contributed by atoms with Gasteiger partial charge in [-0.1, -0.05) is 98.4 Å². The van der Waals surface area contributed by atoms with Crippen LogP contribution in [-0.2, 0) is 13.7 Å². The van der Waals surface area contributed by atoms with Crippen LogP contribution >= 0.6 is 0 Å². The topological polar surface area (TPSA) is 27.7 Å². The summed E-state index contributed by atoms with van der Waals surface area (Å²) in [5, 5.41) is 2.99. The molecule has 6 heteroatoms. The molecule has 0 amide bonds. The number of allylic oxidation sites excluding steroid dienone is 1. The molecule has 3 rings (SSSR count). The summed E-state index contributed by atoms with van der Waals surface area (Å²) in [7, 11) is -4.60. The van der Waals surface area contributed by atoms with Gasteiger partial charge in [-0.05, 0) is 63.3 Å². The van der Waals surface area contributed by atoms with Crippen LogP contribution in [0.1, 0.15) is 54.9 Å². The summed E-state index contributed by atoms with van der Waals surface area (Å²) in [6, 6.07) is 22.1. The smallest absolute Gasteiger partial charge is 0.417 e. The van der Waals surface area contributed by atoms with Crippen LogP contribution in [0.25, 0.3) is 0 Å². The molecule has 1 atom stereocenters. The van der Waals surface area contributed by atoms with E-state index in [4.69, 9.17) is 13.7 Å². The molecule has 0 aromatic heterocycles. The van der Waals surface area contributed by atoms with E-state index in [-0.39, 0.29) is 21.8 Å². The highest BCUT2D eigenvalue weighted by Gasteiger charge is 2.53. The predicted molar refractivity (Wildman–Crippen MR) is 161 cm³/mol. The minimum atomic E-state index is -2.25. The highest BCUT2D eigenvalue weighted by molar-refractivity contribution is 7.02. The Morgan fingerprint density at radius 2 is 1.28 bits per heavy atom. The molecule has 0 bridgehead atoms. The van der Waals surface area contributed by atoms with Crippen molar-refractivity contribution < 1.29 is 13.7 Å². The SMILES string of the molecule is C=C(CC(CO[Si](C)(C)C(C)(C)C)[Si](C)(c1ccccc1)c1ccccc1)B1OC(C)(C)C(C)(C)O1. The molecule has 1 unspecified atom stereocenters. The zero-order chi connectivity index (χ0) is 27.0. The molecule has 0 radical (unpaired) electrons. The van der Waals surface area contributed by atoms with Gasteiger partial charge in [-0.3, -0.25) is 0 Å². The molecule has 3 nitrogen and oxygen atoms in total. The van der Waals surface area contributed by atoms with Gasteiger partial charge in [0.1, 0.15) is 8.07 Å². The lowest BCUT2D eigenvalue weighted by Crippen LogP contribution is -2.61. The van der Waals surface area contributed by atoms with Crippen LogP contribution in [0.5, 0.6) is 0 Å². The summed E-state index contributed by atoms with van der Waals surface area (Å²) < 4.78 is 19.8. The van der Waals surface area contributed by atoms with Crippen molar-refractivity contribution >= 4 is 33.9 Å². The number of hydrogen-bond acceptors (Lipinski definition) is 3. The van der Waals surface area contributed by atoms with Crippen molar-refractivity contribution in [2.45, 2.75) is 96.3 Å². The fourth-order valence-corrected chi connectivity index (χ4v) is 9.93. The molecule has 1 heterocycles. The highest BCUT2D eigenvalue weighted by atomic mass is 28.4. The highest BCUT2D eigenvalue weighted by Crippen LogP contribution is 2.42. The molecule has 2 aromatic carbocycles. The maximum absolute atomic E-state index is 6.94. The predicted octanol–water partition coefficient (Wildman–Crippen LogP) is 6.85. The minimum Gasteiger partial charge on any atom is -0.417 e. The molecule has 1 saturated heterocycles. The van der Waals surface area contributed by atoms with Crippen LogP contribution in [0.2, 0.25) is 30.2 Å². The minimum absolute atomic E-state index is 0.151. The Bertz CT molecular complexity index is 974.